The fourth-order valence-corrected chi connectivity index (χ4v) is 2.44. The summed E-state index contributed by atoms with van der Waals surface area (Å²) >= 11 is 5.74. The number of alkyl halides is 1. The van der Waals surface area contributed by atoms with Gasteiger partial charge >= 0.3 is 0 Å². The van der Waals surface area contributed by atoms with Crippen molar-refractivity contribution in [2.75, 3.05) is 38.6 Å². The number of rotatable bonds is 4. The molecule has 4 heteroatoms. The SMILES string of the molecule is Oc1cccc(CN2CCN(CCCl)CC2)c1. The van der Waals surface area contributed by atoms with E-state index in [1.54, 1.807) is 6.07 Å². The molecule has 1 heterocycles. The van der Waals surface area contributed by atoms with Gasteiger partial charge in [-0.15, -0.1) is 11.6 Å². The first kappa shape index (κ1) is 12.7. The van der Waals surface area contributed by atoms with E-state index in [0.29, 0.717) is 11.6 Å². The maximum atomic E-state index is 9.41. The van der Waals surface area contributed by atoms with Gasteiger partial charge in [0, 0.05) is 45.1 Å². The predicted molar refractivity (Wildman–Crippen MR) is 70.5 cm³/mol. The van der Waals surface area contributed by atoms with E-state index in [9.17, 15) is 5.11 Å². The van der Waals surface area contributed by atoms with Gasteiger partial charge in [-0.3, -0.25) is 9.80 Å². The van der Waals surface area contributed by atoms with E-state index >= 15 is 0 Å². The molecule has 0 unspecified atom stereocenters. The van der Waals surface area contributed by atoms with Gasteiger partial charge in [0.25, 0.3) is 0 Å². The predicted octanol–water partition coefficient (Wildman–Crippen LogP) is 1.75. The molecule has 0 aliphatic carbocycles. The zero-order chi connectivity index (χ0) is 12.1. The van der Waals surface area contributed by atoms with Crippen LogP contribution in [0.25, 0.3) is 0 Å². The van der Waals surface area contributed by atoms with Gasteiger partial charge < -0.3 is 5.11 Å². The number of halogens is 1. The molecule has 1 aliphatic heterocycles. The Morgan fingerprint density at radius 1 is 1.12 bits per heavy atom. The number of hydrogen-bond acceptors (Lipinski definition) is 3. The molecular weight excluding hydrogens is 236 g/mol. The Morgan fingerprint density at radius 2 is 1.82 bits per heavy atom. The number of benzene rings is 1. The Labute approximate surface area is 108 Å². The van der Waals surface area contributed by atoms with Crippen molar-refractivity contribution in [3.63, 3.8) is 0 Å². The summed E-state index contributed by atoms with van der Waals surface area (Å²) in [5.41, 5.74) is 1.18. The number of phenolic OH excluding ortho intramolecular Hbond substituents is 1. The van der Waals surface area contributed by atoms with Crippen molar-refractivity contribution in [3.05, 3.63) is 29.8 Å². The minimum Gasteiger partial charge on any atom is -0.508 e. The van der Waals surface area contributed by atoms with Crippen LogP contribution in [-0.4, -0.2) is 53.5 Å². The highest BCUT2D eigenvalue weighted by molar-refractivity contribution is 6.18. The molecule has 0 spiro atoms. The molecule has 17 heavy (non-hydrogen) atoms. The van der Waals surface area contributed by atoms with E-state index in [2.05, 4.69) is 15.9 Å². The average molecular weight is 255 g/mol. The van der Waals surface area contributed by atoms with Crippen LogP contribution in [0, 0.1) is 0 Å². The highest BCUT2D eigenvalue weighted by atomic mass is 35.5. The summed E-state index contributed by atoms with van der Waals surface area (Å²) < 4.78 is 0. The summed E-state index contributed by atoms with van der Waals surface area (Å²) in [6, 6.07) is 7.51. The van der Waals surface area contributed by atoms with Crippen molar-refractivity contribution >= 4 is 11.6 Å². The second-order valence-corrected chi connectivity index (χ2v) is 4.85. The zero-order valence-corrected chi connectivity index (χ0v) is 10.7. The Hall–Kier alpha value is -0.770. The normalized spacial score (nSPS) is 18.4. The molecule has 0 bridgehead atoms. The smallest absolute Gasteiger partial charge is 0.115 e. The topological polar surface area (TPSA) is 26.7 Å². The lowest BCUT2D eigenvalue weighted by atomic mass is 10.2. The van der Waals surface area contributed by atoms with Gasteiger partial charge in [0.2, 0.25) is 0 Å². The Balaban J connectivity index is 1.82. The molecule has 1 aromatic rings. The van der Waals surface area contributed by atoms with Gasteiger partial charge in [0.05, 0.1) is 0 Å². The highest BCUT2D eigenvalue weighted by Crippen LogP contribution is 2.14. The molecule has 0 amide bonds. The molecule has 3 nitrogen and oxygen atoms in total. The highest BCUT2D eigenvalue weighted by Gasteiger charge is 2.16. The standard InChI is InChI=1S/C13H19ClN2O/c14-4-5-15-6-8-16(9-7-15)11-12-2-1-3-13(17)10-12/h1-3,10,17H,4-9,11H2. The summed E-state index contributed by atoms with van der Waals surface area (Å²) in [5.74, 6) is 1.07. The molecule has 0 atom stereocenters. The molecule has 1 fully saturated rings. The molecule has 1 saturated heterocycles. The lowest BCUT2D eigenvalue weighted by Crippen LogP contribution is -2.46. The van der Waals surface area contributed by atoms with E-state index in [4.69, 9.17) is 11.6 Å². The molecule has 1 aliphatic rings. The van der Waals surface area contributed by atoms with Crippen LogP contribution in [-0.2, 0) is 6.54 Å². The Morgan fingerprint density at radius 3 is 2.47 bits per heavy atom. The Bertz CT molecular complexity index is 351. The summed E-state index contributed by atoms with van der Waals surface area (Å²) in [7, 11) is 0. The van der Waals surface area contributed by atoms with E-state index in [1.165, 1.54) is 5.56 Å². The van der Waals surface area contributed by atoms with Crippen molar-refractivity contribution < 1.29 is 5.11 Å². The molecule has 0 aromatic heterocycles. The van der Waals surface area contributed by atoms with Crippen LogP contribution >= 0.6 is 11.6 Å². The number of piperazine rings is 1. The van der Waals surface area contributed by atoms with Gasteiger partial charge in [-0.05, 0) is 17.7 Å². The van der Waals surface area contributed by atoms with Crippen molar-refractivity contribution in [1.82, 2.24) is 9.80 Å². The third-order valence-corrected chi connectivity index (χ3v) is 3.35. The van der Waals surface area contributed by atoms with Crippen LogP contribution in [0.5, 0.6) is 5.75 Å². The molecule has 0 saturated carbocycles. The summed E-state index contributed by atoms with van der Waals surface area (Å²) in [4.78, 5) is 4.81. The van der Waals surface area contributed by atoms with Crippen LogP contribution in [0.15, 0.2) is 24.3 Å². The van der Waals surface area contributed by atoms with Crippen molar-refractivity contribution in [1.29, 1.82) is 0 Å². The maximum absolute atomic E-state index is 9.41. The number of aromatic hydroxyl groups is 1. The lowest BCUT2D eigenvalue weighted by molar-refractivity contribution is 0.132. The minimum absolute atomic E-state index is 0.350. The van der Waals surface area contributed by atoms with E-state index in [-0.39, 0.29) is 0 Å². The fourth-order valence-electron chi connectivity index (χ4n) is 2.20. The molecular formula is C13H19ClN2O. The zero-order valence-electron chi connectivity index (χ0n) is 9.98. The Kier molecular flexibility index (Phi) is 4.66. The van der Waals surface area contributed by atoms with Crippen LogP contribution < -0.4 is 0 Å². The molecule has 2 rings (SSSR count). The first-order chi connectivity index (χ1) is 8.28. The number of nitrogens with zero attached hydrogens (tertiary/aromatic N) is 2. The monoisotopic (exact) mass is 254 g/mol. The summed E-state index contributed by atoms with van der Waals surface area (Å²) in [5, 5.41) is 9.41. The molecule has 1 N–H and O–H groups in total. The quantitative estimate of drug-likeness (QED) is 0.830. The van der Waals surface area contributed by atoms with Gasteiger partial charge in [0.1, 0.15) is 5.75 Å². The molecule has 0 radical (unpaired) electrons. The van der Waals surface area contributed by atoms with Gasteiger partial charge in [0.15, 0.2) is 0 Å². The summed E-state index contributed by atoms with van der Waals surface area (Å²) in [6.07, 6.45) is 0. The third kappa shape index (κ3) is 3.87. The van der Waals surface area contributed by atoms with Crippen LogP contribution in [0.3, 0.4) is 0 Å². The lowest BCUT2D eigenvalue weighted by Gasteiger charge is -2.34. The van der Waals surface area contributed by atoms with Gasteiger partial charge in [-0.2, -0.15) is 0 Å². The van der Waals surface area contributed by atoms with Crippen LogP contribution in [0.4, 0.5) is 0 Å². The number of phenols is 1. The van der Waals surface area contributed by atoms with Crippen molar-refractivity contribution in [3.8, 4) is 5.75 Å². The van der Waals surface area contributed by atoms with E-state index in [1.807, 2.05) is 12.1 Å². The van der Waals surface area contributed by atoms with E-state index in [0.717, 1.165) is 39.3 Å². The van der Waals surface area contributed by atoms with Crippen LogP contribution in [0.2, 0.25) is 0 Å². The summed E-state index contributed by atoms with van der Waals surface area (Å²) in [6.45, 7) is 6.24. The first-order valence-corrected chi connectivity index (χ1v) is 6.60. The van der Waals surface area contributed by atoms with Gasteiger partial charge in [-0.25, -0.2) is 0 Å². The van der Waals surface area contributed by atoms with Gasteiger partial charge in [-0.1, -0.05) is 12.1 Å². The average Bonchev–Trinajstić information content (AvgIpc) is 2.32. The van der Waals surface area contributed by atoms with Crippen molar-refractivity contribution in [2.24, 2.45) is 0 Å². The second kappa shape index (κ2) is 6.24. The minimum atomic E-state index is 0.350. The maximum Gasteiger partial charge on any atom is 0.115 e. The fraction of sp³-hybridized carbons (Fsp3) is 0.538. The largest absolute Gasteiger partial charge is 0.508 e. The third-order valence-electron chi connectivity index (χ3n) is 3.18. The van der Waals surface area contributed by atoms with Crippen molar-refractivity contribution in [2.45, 2.75) is 6.54 Å². The first-order valence-electron chi connectivity index (χ1n) is 6.06. The van der Waals surface area contributed by atoms with Crippen LogP contribution in [0.1, 0.15) is 5.56 Å². The molecule has 94 valence electrons. The molecule has 1 aromatic carbocycles. The second-order valence-electron chi connectivity index (χ2n) is 4.48. The van der Waals surface area contributed by atoms with E-state index < -0.39 is 0 Å². The number of hydrogen-bond donors (Lipinski definition) is 1.